The Hall–Kier alpha value is -3.50. The molecule has 6 N–H and O–H groups in total. The first kappa shape index (κ1) is 28.0. The van der Waals surface area contributed by atoms with Gasteiger partial charge in [0.05, 0.1) is 19.1 Å². The Balaban J connectivity index is 1.41. The lowest BCUT2D eigenvalue weighted by molar-refractivity contribution is -0.152. The molecule has 2 aromatic heterocycles. The summed E-state index contributed by atoms with van der Waals surface area (Å²) in [6.07, 6.45) is -2.02. The minimum atomic E-state index is -4.38. The Morgan fingerprint density at radius 3 is 2.65 bits per heavy atom. The molecular formula is C23H28N7O9P. The Kier molecular flexibility index (Phi) is 8.09. The second-order valence-electron chi connectivity index (χ2n) is 9.10. The normalized spacial score (nSPS) is 26.2. The maximum atomic E-state index is 12.5. The molecule has 0 radical (unpaired) electrons. The van der Waals surface area contributed by atoms with Crippen LogP contribution in [0.5, 0.6) is 0 Å². The molecule has 2 saturated heterocycles. The molecule has 7 atom stereocenters. The number of amides is 2. The Labute approximate surface area is 227 Å². The van der Waals surface area contributed by atoms with Gasteiger partial charge in [-0.3, -0.25) is 19.2 Å². The summed E-state index contributed by atoms with van der Waals surface area (Å²) in [5, 5.41) is 14.2. The zero-order chi connectivity index (χ0) is 28.4. The number of carbonyl (C=O) groups is 2. The number of nitrogens with zero attached hydrogens (tertiary/aromatic N) is 4. The van der Waals surface area contributed by atoms with Crippen molar-refractivity contribution in [2.24, 2.45) is 5.73 Å². The van der Waals surface area contributed by atoms with E-state index in [0.717, 1.165) is 5.56 Å². The summed E-state index contributed by atoms with van der Waals surface area (Å²) in [5.74, 6) is -1.24. The zero-order valence-electron chi connectivity index (χ0n) is 21.2. The Bertz CT molecular complexity index is 1420. The fourth-order valence-electron chi connectivity index (χ4n) is 4.47. The van der Waals surface area contributed by atoms with E-state index in [2.05, 4.69) is 25.6 Å². The number of anilines is 1. The third-order valence-electron chi connectivity index (χ3n) is 6.31. The first-order valence-corrected chi connectivity index (χ1v) is 14.1. The van der Waals surface area contributed by atoms with Crippen molar-refractivity contribution in [1.82, 2.24) is 24.8 Å². The molecule has 4 heterocycles. The van der Waals surface area contributed by atoms with Crippen molar-refractivity contribution < 1.29 is 42.9 Å². The van der Waals surface area contributed by atoms with Gasteiger partial charge in [-0.25, -0.2) is 19.7 Å². The first-order valence-electron chi connectivity index (χ1n) is 12.4. The number of hydrogen-bond acceptors (Lipinski definition) is 11. The quantitative estimate of drug-likeness (QED) is 0.212. The van der Waals surface area contributed by atoms with E-state index in [1.807, 2.05) is 30.3 Å². The highest BCUT2D eigenvalue weighted by atomic mass is 31.2. The largest absolute Gasteiger partial charge is 0.480 e. The van der Waals surface area contributed by atoms with Crippen LogP contribution in [0.1, 0.15) is 25.0 Å². The molecule has 5 rings (SSSR count). The maximum absolute atomic E-state index is 12.5. The minimum Gasteiger partial charge on any atom is -0.480 e. The van der Waals surface area contributed by atoms with E-state index >= 15 is 0 Å². The molecule has 40 heavy (non-hydrogen) atoms. The van der Waals surface area contributed by atoms with Gasteiger partial charge < -0.3 is 39.8 Å². The number of nitrogens with two attached hydrogens (primary N) is 1. The topological polar surface area (TPSA) is 222 Å². The third kappa shape index (κ3) is 5.83. The summed E-state index contributed by atoms with van der Waals surface area (Å²) in [5.41, 5.74) is 6.80. The van der Waals surface area contributed by atoms with Crippen molar-refractivity contribution in [1.29, 1.82) is 0 Å². The van der Waals surface area contributed by atoms with Crippen molar-refractivity contribution in [3.8, 4) is 0 Å². The van der Waals surface area contributed by atoms with Crippen LogP contribution in [0.2, 0.25) is 0 Å². The summed E-state index contributed by atoms with van der Waals surface area (Å²) < 4.78 is 37.9. The van der Waals surface area contributed by atoms with Gasteiger partial charge in [0.1, 0.15) is 30.7 Å². The SMILES string of the molecule is CCNC(=O)Nc1ncnc2c1ncn2[C@@H]1O[C@H](COP(=O)(O)CC(N)C(=O)O)C2O[C@@H](c3ccccc3)O[C@@H]21. The summed E-state index contributed by atoms with van der Waals surface area (Å²) in [6.45, 7) is 1.79. The van der Waals surface area contributed by atoms with E-state index < -0.39 is 69.2 Å². The van der Waals surface area contributed by atoms with Crippen LogP contribution >= 0.6 is 7.60 Å². The molecule has 0 saturated carbocycles. The highest BCUT2D eigenvalue weighted by molar-refractivity contribution is 7.52. The van der Waals surface area contributed by atoms with E-state index in [1.165, 1.54) is 12.7 Å². The van der Waals surface area contributed by atoms with Crippen LogP contribution < -0.4 is 16.4 Å². The lowest BCUT2D eigenvalue weighted by Crippen LogP contribution is -2.35. The number of benzene rings is 1. The van der Waals surface area contributed by atoms with Crippen molar-refractivity contribution in [2.75, 3.05) is 24.6 Å². The molecular weight excluding hydrogens is 549 g/mol. The monoisotopic (exact) mass is 577 g/mol. The Morgan fingerprint density at radius 1 is 1.18 bits per heavy atom. The van der Waals surface area contributed by atoms with Crippen molar-refractivity contribution in [3.63, 3.8) is 0 Å². The fraction of sp³-hybridized carbons (Fsp3) is 0.435. The van der Waals surface area contributed by atoms with Crippen LogP contribution in [0.15, 0.2) is 43.0 Å². The standard InChI is InChI=1S/C23H28N7O9P/c1-2-25-23(33)29-18-15-19(27-10-26-18)30(11-28-15)20-17-16(38-22(39-17)12-6-4-3-5-7-12)14(37-20)8-36-40(34,35)9-13(24)21(31)32/h3-7,10-11,13-14,16-17,20,22H,2,8-9,24H2,1H3,(H,31,32)(H,34,35)(H2,25,26,27,29,33)/t13?,14-,16?,17+,20-,22-/m1/s1. The molecule has 0 spiro atoms. The lowest BCUT2D eigenvalue weighted by atomic mass is 10.1. The van der Waals surface area contributed by atoms with Gasteiger partial charge in [-0.15, -0.1) is 0 Å². The van der Waals surface area contributed by atoms with Crippen LogP contribution in [-0.4, -0.2) is 85.2 Å². The number of aromatic nitrogens is 4. The van der Waals surface area contributed by atoms with Crippen LogP contribution in [0.4, 0.5) is 10.6 Å². The second kappa shape index (κ2) is 11.5. The van der Waals surface area contributed by atoms with Gasteiger partial charge in [-0.05, 0) is 6.92 Å². The first-order chi connectivity index (χ1) is 19.2. The molecule has 214 valence electrons. The smallest absolute Gasteiger partial charge is 0.330 e. The number of fused-ring (bicyclic) bond motifs is 2. The summed E-state index contributed by atoms with van der Waals surface area (Å²) in [7, 11) is -4.38. The molecule has 1 aromatic carbocycles. The van der Waals surface area contributed by atoms with Crippen LogP contribution in [0.3, 0.4) is 0 Å². The van der Waals surface area contributed by atoms with Crippen LogP contribution in [-0.2, 0) is 28.1 Å². The number of rotatable bonds is 10. The zero-order valence-corrected chi connectivity index (χ0v) is 22.1. The lowest BCUT2D eigenvalue weighted by Gasteiger charge is -2.22. The van der Waals surface area contributed by atoms with E-state index in [0.29, 0.717) is 17.7 Å². The number of urea groups is 1. The molecule has 2 aliphatic heterocycles. The van der Waals surface area contributed by atoms with Gasteiger partial charge in [-0.1, -0.05) is 30.3 Å². The maximum Gasteiger partial charge on any atom is 0.330 e. The van der Waals surface area contributed by atoms with E-state index in [9.17, 15) is 19.0 Å². The summed E-state index contributed by atoms with van der Waals surface area (Å²) >= 11 is 0. The van der Waals surface area contributed by atoms with E-state index in [-0.39, 0.29) is 5.82 Å². The van der Waals surface area contributed by atoms with Crippen molar-refractivity contribution >= 4 is 36.6 Å². The number of carboxylic acids is 1. The number of carboxylic acid groups (broad SMARTS) is 1. The number of nitrogens with one attached hydrogen (secondary N) is 2. The number of carbonyl (C=O) groups excluding carboxylic acids is 1. The minimum absolute atomic E-state index is 0.186. The van der Waals surface area contributed by atoms with E-state index in [1.54, 1.807) is 11.5 Å². The summed E-state index contributed by atoms with van der Waals surface area (Å²) in [4.78, 5) is 46.1. The van der Waals surface area contributed by atoms with Gasteiger partial charge in [0, 0.05) is 12.1 Å². The molecule has 16 nitrogen and oxygen atoms in total. The number of aliphatic carboxylic acids is 1. The average Bonchev–Trinajstić information content (AvgIpc) is 3.62. The van der Waals surface area contributed by atoms with Crippen molar-refractivity contribution in [3.05, 3.63) is 48.5 Å². The number of imidazole rings is 1. The highest BCUT2D eigenvalue weighted by Gasteiger charge is 2.54. The molecule has 3 aromatic rings. The molecule has 2 amide bonds. The molecule has 2 aliphatic rings. The second-order valence-corrected chi connectivity index (χ2v) is 11.0. The molecule has 17 heteroatoms. The van der Waals surface area contributed by atoms with E-state index in [4.69, 9.17) is 29.6 Å². The predicted molar refractivity (Wildman–Crippen MR) is 137 cm³/mol. The van der Waals surface area contributed by atoms with Crippen LogP contribution in [0, 0.1) is 0 Å². The Morgan fingerprint density at radius 2 is 1.93 bits per heavy atom. The molecule has 0 aliphatic carbocycles. The average molecular weight is 577 g/mol. The van der Waals surface area contributed by atoms with Gasteiger partial charge >= 0.3 is 19.6 Å². The number of hydrogen-bond donors (Lipinski definition) is 5. The third-order valence-corrected chi connectivity index (χ3v) is 7.71. The molecule has 0 bridgehead atoms. The van der Waals surface area contributed by atoms with Gasteiger partial charge in [0.15, 0.2) is 29.5 Å². The highest BCUT2D eigenvalue weighted by Crippen LogP contribution is 2.48. The van der Waals surface area contributed by atoms with Crippen LogP contribution in [0.25, 0.3) is 11.2 Å². The van der Waals surface area contributed by atoms with Gasteiger partial charge in [-0.2, -0.15) is 0 Å². The fourth-order valence-corrected chi connectivity index (χ4v) is 5.61. The number of ether oxygens (including phenoxy) is 3. The molecule has 2 fully saturated rings. The summed E-state index contributed by atoms with van der Waals surface area (Å²) in [6, 6.07) is 7.16. The van der Waals surface area contributed by atoms with Gasteiger partial charge in [0.25, 0.3) is 0 Å². The predicted octanol–water partition coefficient (Wildman–Crippen LogP) is 0.962. The van der Waals surface area contributed by atoms with Gasteiger partial charge in [0.2, 0.25) is 0 Å². The molecule has 3 unspecified atom stereocenters. The van der Waals surface area contributed by atoms with Crippen molar-refractivity contribution in [2.45, 2.75) is 43.8 Å².